The van der Waals surface area contributed by atoms with Gasteiger partial charge in [0.15, 0.2) is 0 Å². The van der Waals surface area contributed by atoms with Crippen molar-refractivity contribution in [2.45, 2.75) is 38.2 Å². The zero-order valence-corrected chi connectivity index (χ0v) is 10.4. The average Bonchev–Trinajstić information content (AvgIpc) is 2.52. The van der Waals surface area contributed by atoms with Gasteiger partial charge in [0.1, 0.15) is 0 Å². The zero-order chi connectivity index (χ0) is 11.7. The van der Waals surface area contributed by atoms with Gasteiger partial charge in [-0.3, -0.25) is 0 Å². The normalized spacial score (nSPS) is 28.9. The number of aryl methyl sites for hydroxylation is 1. The zero-order valence-electron chi connectivity index (χ0n) is 10.4. The van der Waals surface area contributed by atoms with Crippen molar-refractivity contribution in [3.8, 4) is 0 Å². The van der Waals surface area contributed by atoms with E-state index in [1.54, 1.807) is 0 Å². The molecule has 1 spiro atoms. The predicted molar refractivity (Wildman–Crippen MR) is 66.1 cm³/mol. The SMILES string of the molecule is Cc1cnc(N2CCCC3(CCO3)CC2)nc1. The molecule has 0 radical (unpaired) electrons. The second-order valence-corrected chi connectivity index (χ2v) is 5.18. The Labute approximate surface area is 102 Å². The van der Waals surface area contributed by atoms with Crippen LogP contribution in [-0.2, 0) is 4.74 Å². The third-order valence-electron chi connectivity index (χ3n) is 3.91. The van der Waals surface area contributed by atoms with E-state index in [1.807, 2.05) is 19.3 Å². The van der Waals surface area contributed by atoms with E-state index in [2.05, 4.69) is 14.9 Å². The van der Waals surface area contributed by atoms with Crippen molar-refractivity contribution < 1.29 is 4.74 Å². The summed E-state index contributed by atoms with van der Waals surface area (Å²) in [5.41, 5.74) is 1.31. The molecule has 0 aromatic carbocycles. The van der Waals surface area contributed by atoms with Crippen LogP contribution < -0.4 is 4.90 Å². The van der Waals surface area contributed by atoms with Crippen LogP contribution in [0.5, 0.6) is 0 Å². The summed E-state index contributed by atoms with van der Waals surface area (Å²) in [6, 6.07) is 0. The number of aromatic nitrogens is 2. The van der Waals surface area contributed by atoms with Gasteiger partial charge in [-0.05, 0) is 38.2 Å². The summed E-state index contributed by atoms with van der Waals surface area (Å²) in [7, 11) is 0. The van der Waals surface area contributed by atoms with Gasteiger partial charge in [0.25, 0.3) is 0 Å². The first-order valence-corrected chi connectivity index (χ1v) is 6.45. The molecular weight excluding hydrogens is 214 g/mol. The molecule has 4 heteroatoms. The minimum atomic E-state index is 0.194. The molecule has 0 aliphatic carbocycles. The Morgan fingerprint density at radius 1 is 1.18 bits per heavy atom. The van der Waals surface area contributed by atoms with E-state index in [-0.39, 0.29) is 5.60 Å². The molecule has 3 rings (SSSR count). The van der Waals surface area contributed by atoms with Crippen molar-refractivity contribution in [2.24, 2.45) is 0 Å². The molecule has 1 atom stereocenters. The topological polar surface area (TPSA) is 38.2 Å². The molecule has 1 unspecified atom stereocenters. The van der Waals surface area contributed by atoms with E-state index < -0.39 is 0 Å². The Morgan fingerprint density at radius 3 is 2.59 bits per heavy atom. The molecule has 92 valence electrons. The first-order chi connectivity index (χ1) is 8.27. The van der Waals surface area contributed by atoms with Crippen LogP contribution in [0, 0.1) is 6.92 Å². The molecule has 2 saturated heterocycles. The van der Waals surface area contributed by atoms with Crippen molar-refractivity contribution >= 4 is 5.95 Å². The van der Waals surface area contributed by atoms with Crippen molar-refractivity contribution in [1.82, 2.24) is 9.97 Å². The summed E-state index contributed by atoms with van der Waals surface area (Å²) in [6.07, 6.45) is 8.50. The fourth-order valence-electron chi connectivity index (χ4n) is 2.70. The van der Waals surface area contributed by atoms with Crippen molar-refractivity contribution in [3.05, 3.63) is 18.0 Å². The number of nitrogens with zero attached hydrogens (tertiary/aromatic N) is 3. The van der Waals surface area contributed by atoms with E-state index in [4.69, 9.17) is 4.74 Å². The van der Waals surface area contributed by atoms with Crippen molar-refractivity contribution in [1.29, 1.82) is 0 Å². The first-order valence-electron chi connectivity index (χ1n) is 6.45. The summed E-state index contributed by atoms with van der Waals surface area (Å²) >= 11 is 0. The Kier molecular flexibility index (Phi) is 2.74. The molecule has 17 heavy (non-hydrogen) atoms. The Balaban J connectivity index is 1.70. The van der Waals surface area contributed by atoms with Crippen molar-refractivity contribution in [3.63, 3.8) is 0 Å². The maximum absolute atomic E-state index is 5.78. The maximum Gasteiger partial charge on any atom is 0.225 e. The van der Waals surface area contributed by atoms with Crippen LogP contribution in [-0.4, -0.2) is 35.3 Å². The molecule has 4 nitrogen and oxygen atoms in total. The molecule has 0 saturated carbocycles. The van der Waals surface area contributed by atoms with Crippen LogP contribution in [0.2, 0.25) is 0 Å². The van der Waals surface area contributed by atoms with Gasteiger partial charge in [0.05, 0.1) is 12.2 Å². The summed E-state index contributed by atoms with van der Waals surface area (Å²) < 4.78 is 5.78. The smallest absolute Gasteiger partial charge is 0.225 e. The predicted octanol–water partition coefficient (Wildman–Crippen LogP) is 1.93. The second-order valence-electron chi connectivity index (χ2n) is 5.18. The lowest BCUT2D eigenvalue weighted by Crippen LogP contribution is -2.44. The fourth-order valence-corrected chi connectivity index (χ4v) is 2.70. The third kappa shape index (κ3) is 2.14. The van der Waals surface area contributed by atoms with Gasteiger partial charge in [0.2, 0.25) is 5.95 Å². The third-order valence-corrected chi connectivity index (χ3v) is 3.91. The van der Waals surface area contributed by atoms with Gasteiger partial charge in [-0.1, -0.05) is 0 Å². The van der Waals surface area contributed by atoms with Crippen LogP contribution in [0.1, 0.15) is 31.2 Å². The van der Waals surface area contributed by atoms with Crippen molar-refractivity contribution in [2.75, 3.05) is 24.6 Å². The molecule has 0 bridgehead atoms. The van der Waals surface area contributed by atoms with E-state index >= 15 is 0 Å². The van der Waals surface area contributed by atoms with Crippen LogP contribution >= 0.6 is 0 Å². The lowest BCUT2D eigenvalue weighted by Gasteiger charge is -2.41. The minimum Gasteiger partial charge on any atom is -0.375 e. The molecule has 3 heterocycles. The molecule has 0 N–H and O–H groups in total. The van der Waals surface area contributed by atoms with Gasteiger partial charge in [-0.15, -0.1) is 0 Å². The standard InChI is InChI=1S/C13H19N3O/c1-11-9-14-12(15-10-11)16-6-2-3-13(4-7-16)5-8-17-13/h9-10H,2-8H2,1H3. The van der Waals surface area contributed by atoms with Gasteiger partial charge >= 0.3 is 0 Å². The molecule has 1 aromatic heterocycles. The number of rotatable bonds is 1. The van der Waals surface area contributed by atoms with E-state index in [0.717, 1.165) is 37.6 Å². The summed E-state index contributed by atoms with van der Waals surface area (Å²) in [5, 5.41) is 0. The summed E-state index contributed by atoms with van der Waals surface area (Å²) in [6.45, 7) is 5.03. The summed E-state index contributed by atoms with van der Waals surface area (Å²) in [5.74, 6) is 0.868. The Morgan fingerprint density at radius 2 is 1.94 bits per heavy atom. The highest BCUT2D eigenvalue weighted by molar-refractivity contribution is 5.30. The quantitative estimate of drug-likeness (QED) is 0.743. The van der Waals surface area contributed by atoms with Gasteiger partial charge in [-0.2, -0.15) is 0 Å². The lowest BCUT2D eigenvalue weighted by atomic mass is 9.87. The van der Waals surface area contributed by atoms with E-state index in [0.29, 0.717) is 0 Å². The number of anilines is 1. The molecule has 2 aliphatic heterocycles. The van der Waals surface area contributed by atoms with Crippen LogP contribution in [0.25, 0.3) is 0 Å². The van der Waals surface area contributed by atoms with Gasteiger partial charge in [0, 0.05) is 25.5 Å². The van der Waals surface area contributed by atoms with Gasteiger partial charge in [-0.25, -0.2) is 9.97 Å². The lowest BCUT2D eigenvalue weighted by molar-refractivity contribution is -0.152. The fraction of sp³-hybridized carbons (Fsp3) is 0.692. The van der Waals surface area contributed by atoms with Crippen LogP contribution in [0.3, 0.4) is 0 Å². The molecule has 1 aromatic rings. The molecule has 2 fully saturated rings. The van der Waals surface area contributed by atoms with Crippen LogP contribution in [0.4, 0.5) is 5.95 Å². The molecule has 0 amide bonds. The highest BCUT2D eigenvalue weighted by Crippen LogP contribution is 2.37. The summed E-state index contributed by atoms with van der Waals surface area (Å²) in [4.78, 5) is 11.1. The Hall–Kier alpha value is -1.16. The average molecular weight is 233 g/mol. The highest BCUT2D eigenvalue weighted by Gasteiger charge is 2.39. The van der Waals surface area contributed by atoms with E-state index in [9.17, 15) is 0 Å². The maximum atomic E-state index is 5.78. The van der Waals surface area contributed by atoms with E-state index in [1.165, 1.54) is 19.3 Å². The number of hydrogen-bond acceptors (Lipinski definition) is 4. The minimum absolute atomic E-state index is 0.194. The molecular formula is C13H19N3O. The number of ether oxygens (including phenoxy) is 1. The largest absolute Gasteiger partial charge is 0.375 e. The molecule has 2 aliphatic rings. The van der Waals surface area contributed by atoms with Gasteiger partial charge < -0.3 is 9.64 Å². The first kappa shape index (κ1) is 11.0. The Bertz CT molecular complexity index is 386. The second kappa shape index (κ2) is 4.26. The highest BCUT2D eigenvalue weighted by atomic mass is 16.5. The van der Waals surface area contributed by atoms with Crippen LogP contribution in [0.15, 0.2) is 12.4 Å². The number of hydrogen-bond donors (Lipinski definition) is 0. The monoisotopic (exact) mass is 233 g/mol.